The minimum atomic E-state index is 0.247. The van der Waals surface area contributed by atoms with Crippen LogP contribution in [-0.4, -0.2) is 38.5 Å². The van der Waals surface area contributed by atoms with Gasteiger partial charge in [-0.15, -0.1) is 0 Å². The van der Waals surface area contributed by atoms with Crippen LogP contribution in [0, 0.1) is 0 Å². The molecule has 0 aromatic carbocycles. The van der Waals surface area contributed by atoms with Crippen LogP contribution >= 0.6 is 0 Å². The van der Waals surface area contributed by atoms with Crippen molar-refractivity contribution in [2.45, 2.75) is 66.2 Å². The Morgan fingerprint density at radius 1 is 0.850 bits per heavy atom. The molecule has 20 heavy (non-hydrogen) atoms. The normalized spacial score (nSPS) is 9.70. The van der Waals surface area contributed by atoms with E-state index in [1.165, 1.54) is 38.5 Å². The lowest BCUT2D eigenvalue weighted by atomic mass is 10.1. The summed E-state index contributed by atoms with van der Waals surface area (Å²) in [5, 5.41) is 11.7. The van der Waals surface area contributed by atoms with E-state index >= 15 is 0 Å². The van der Waals surface area contributed by atoms with E-state index in [-0.39, 0.29) is 6.61 Å². The number of aliphatic hydroxyl groups is 1. The first kappa shape index (κ1) is 24.6. The summed E-state index contributed by atoms with van der Waals surface area (Å²) < 4.78 is 4.98. The second kappa shape index (κ2) is 31.2. The van der Waals surface area contributed by atoms with Gasteiger partial charge in [0.1, 0.15) is 0 Å². The van der Waals surface area contributed by atoms with Crippen molar-refractivity contribution in [1.29, 1.82) is 0 Å². The fraction of sp³-hybridized carbons (Fsp3) is 0.882. The molecule has 0 atom stereocenters. The zero-order chi connectivity index (χ0) is 15.9. The first-order valence-electron chi connectivity index (χ1n) is 8.21. The van der Waals surface area contributed by atoms with E-state index in [1.54, 1.807) is 7.11 Å². The van der Waals surface area contributed by atoms with E-state index in [1.807, 2.05) is 39.8 Å². The Bertz CT molecular complexity index is 134. The van der Waals surface area contributed by atoms with Gasteiger partial charge < -0.3 is 15.2 Å². The fourth-order valence-corrected chi connectivity index (χ4v) is 1.41. The Labute approximate surface area is 127 Å². The molecular formula is C17H39NO2. The van der Waals surface area contributed by atoms with Gasteiger partial charge in [0.25, 0.3) is 0 Å². The summed E-state index contributed by atoms with van der Waals surface area (Å²) >= 11 is 0. The number of rotatable bonds is 11. The fourth-order valence-electron chi connectivity index (χ4n) is 1.41. The van der Waals surface area contributed by atoms with E-state index in [2.05, 4.69) is 5.32 Å². The van der Waals surface area contributed by atoms with E-state index in [9.17, 15) is 0 Å². The van der Waals surface area contributed by atoms with Crippen LogP contribution in [0.5, 0.6) is 0 Å². The average Bonchev–Trinajstić information content (AvgIpc) is 2.51. The predicted octanol–water partition coefficient (Wildman–Crippen LogP) is 4.16. The zero-order valence-electron chi connectivity index (χ0n) is 14.6. The molecule has 3 nitrogen and oxygen atoms in total. The topological polar surface area (TPSA) is 41.5 Å². The molecule has 124 valence electrons. The van der Waals surface area contributed by atoms with E-state index in [4.69, 9.17) is 9.84 Å². The van der Waals surface area contributed by atoms with Crippen molar-refractivity contribution < 1.29 is 9.84 Å². The molecule has 0 amide bonds. The SMILES string of the molecule is C/C=C/C.CC.COCCCCCCCCNCCO. The maximum Gasteiger partial charge on any atom is 0.0555 e. The van der Waals surface area contributed by atoms with Gasteiger partial charge >= 0.3 is 0 Å². The molecule has 0 aromatic heterocycles. The molecule has 0 aliphatic carbocycles. The number of hydrogen-bond acceptors (Lipinski definition) is 3. The highest BCUT2D eigenvalue weighted by molar-refractivity contribution is 4.68. The number of aliphatic hydroxyl groups excluding tert-OH is 1. The Kier molecular flexibility index (Phi) is 38.4. The van der Waals surface area contributed by atoms with Gasteiger partial charge in [-0.1, -0.05) is 51.7 Å². The maximum atomic E-state index is 8.52. The minimum absolute atomic E-state index is 0.247. The molecule has 0 aromatic rings. The monoisotopic (exact) mass is 289 g/mol. The highest BCUT2D eigenvalue weighted by Crippen LogP contribution is 2.04. The van der Waals surface area contributed by atoms with Crippen molar-refractivity contribution in [3.05, 3.63) is 12.2 Å². The van der Waals surface area contributed by atoms with E-state index < -0.39 is 0 Å². The summed E-state index contributed by atoms with van der Waals surface area (Å²) in [5.41, 5.74) is 0. The Hall–Kier alpha value is -0.380. The number of ether oxygens (including phenoxy) is 1. The van der Waals surface area contributed by atoms with Crippen LogP contribution in [0.15, 0.2) is 12.2 Å². The Morgan fingerprint density at radius 2 is 1.35 bits per heavy atom. The molecule has 0 rings (SSSR count). The van der Waals surface area contributed by atoms with Gasteiger partial charge in [-0.05, 0) is 33.2 Å². The zero-order valence-corrected chi connectivity index (χ0v) is 14.6. The third-order valence-electron chi connectivity index (χ3n) is 2.57. The van der Waals surface area contributed by atoms with Gasteiger partial charge in [0.15, 0.2) is 0 Å². The van der Waals surface area contributed by atoms with Gasteiger partial charge in [0, 0.05) is 20.3 Å². The molecule has 0 aliphatic rings. The second-order valence-corrected chi connectivity index (χ2v) is 4.25. The maximum absolute atomic E-state index is 8.52. The largest absolute Gasteiger partial charge is 0.395 e. The van der Waals surface area contributed by atoms with E-state index in [0.717, 1.165) is 19.7 Å². The first-order valence-corrected chi connectivity index (χ1v) is 8.21. The first-order chi connectivity index (χ1) is 9.83. The molecule has 0 bridgehead atoms. The van der Waals surface area contributed by atoms with Crippen LogP contribution < -0.4 is 5.32 Å². The average molecular weight is 290 g/mol. The number of hydrogen-bond donors (Lipinski definition) is 2. The van der Waals surface area contributed by atoms with Crippen LogP contribution in [0.1, 0.15) is 66.2 Å². The van der Waals surface area contributed by atoms with Gasteiger partial charge in [0.2, 0.25) is 0 Å². The molecule has 2 N–H and O–H groups in total. The predicted molar refractivity (Wildman–Crippen MR) is 91.4 cm³/mol. The molecule has 0 saturated carbocycles. The van der Waals surface area contributed by atoms with Crippen molar-refractivity contribution in [2.24, 2.45) is 0 Å². The lowest BCUT2D eigenvalue weighted by Crippen LogP contribution is -2.19. The molecule has 0 heterocycles. The quantitative estimate of drug-likeness (QED) is 0.443. The lowest BCUT2D eigenvalue weighted by molar-refractivity contribution is 0.192. The second-order valence-electron chi connectivity index (χ2n) is 4.25. The van der Waals surface area contributed by atoms with Gasteiger partial charge in [0.05, 0.1) is 6.61 Å². The van der Waals surface area contributed by atoms with Crippen LogP contribution in [0.25, 0.3) is 0 Å². The van der Waals surface area contributed by atoms with Crippen molar-refractivity contribution in [1.82, 2.24) is 5.32 Å². The van der Waals surface area contributed by atoms with Crippen molar-refractivity contribution in [3.8, 4) is 0 Å². The van der Waals surface area contributed by atoms with Crippen LogP contribution in [0.3, 0.4) is 0 Å². The summed E-state index contributed by atoms with van der Waals surface area (Å²) in [7, 11) is 1.76. The highest BCUT2D eigenvalue weighted by atomic mass is 16.5. The molecule has 0 aliphatic heterocycles. The summed E-state index contributed by atoms with van der Waals surface area (Å²) in [4.78, 5) is 0. The van der Waals surface area contributed by atoms with Gasteiger partial charge in [-0.3, -0.25) is 0 Å². The number of methoxy groups -OCH3 is 1. The van der Waals surface area contributed by atoms with E-state index in [0.29, 0.717) is 0 Å². The van der Waals surface area contributed by atoms with Gasteiger partial charge in [-0.2, -0.15) is 0 Å². The number of allylic oxidation sites excluding steroid dienone is 2. The van der Waals surface area contributed by atoms with Crippen LogP contribution in [0.2, 0.25) is 0 Å². The third-order valence-corrected chi connectivity index (χ3v) is 2.57. The van der Waals surface area contributed by atoms with Crippen LogP contribution in [0.4, 0.5) is 0 Å². The van der Waals surface area contributed by atoms with Crippen LogP contribution in [-0.2, 0) is 4.74 Å². The standard InChI is InChI=1S/C11H25NO2.C4H8.C2H6/c1-14-11-7-5-3-2-4-6-8-12-9-10-13;1-3-4-2;1-2/h12-13H,2-11H2,1H3;3-4H,1-2H3;1-2H3/b;4-3+;. The summed E-state index contributed by atoms with van der Waals surface area (Å²) in [5.74, 6) is 0. The molecule has 0 radical (unpaired) electrons. The summed E-state index contributed by atoms with van der Waals surface area (Å²) in [6.45, 7) is 10.9. The molecule has 0 spiro atoms. The molecule has 3 heteroatoms. The molecular weight excluding hydrogens is 250 g/mol. The molecule has 0 unspecified atom stereocenters. The minimum Gasteiger partial charge on any atom is -0.395 e. The highest BCUT2D eigenvalue weighted by Gasteiger charge is 1.91. The third kappa shape index (κ3) is 36.0. The smallest absolute Gasteiger partial charge is 0.0555 e. The van der Waals surface area contributed by atoms with Crippen molar-refractivity contribution in [3.63, 3.8) is 0 Å². The van der Waals surface area contributed by atoms with Gasteiger partial charge in [-0.25, -0.2) is 0 Å². The summed E-state index contributed by atoms with van der Waals surface area (Å²) in [6.07, 6.45) is 11.7. The molecule has 0 saturated heterocycles. The Morgan fingerprint density at radius 3 is 1.80 bits per heavy atom. The lowest BCUT2D eigenvalue weighted by Gasteiger charge is -2.02. The summed E-state index contributed by atoms with van der Waals surface area (Å²) in [6, 6.07) is 0. The number of unbranched alkanes of at least 4 members (excludes halogenated alkanes) is 5. The Balaban J connectivity index is -0.000000410. The van der Waals surface area contributed by atoms with Crippen molar-refractivity contribution in [2.75, 3.05) is 33.4 Å². The number of nitrogens with one attached hydrogen (secondary N) is 1. The molecule has 0 fully saturated rings. The van der Waals surface area contributed by atoms with Crippen molar-refractivity contribution >= 4 is 0 Å².